The molecule has 4 unspecified atom stereocenters. The summed E-state index contributed by atoms with van der Waals surface area (Å²) in [5.74, 6) is -2.82. The molecule has 0 aromatic rings. The Labute approximate surface area is 113 Å². The lowest BCUT2D eigenvalue weighted by Crippen LogP contribution is -2.51. The summed E-state index contributed by atoms with van der Waals surface area (Å²) in [6.07, 6.45) is -7.75. The second-order valence-electron chi connectivity index (χ2n) is 4.20. The normalized spacial score (nSPS) is 18.9. The molecule has 0 heterocycles. The number of carboxylic acids is 2. The van der Waals surface area contributed by atoms with E-state index >= 15 is 0 Å². The van der Waals surface area contributed by atoms with Crippen molar-refractivity contribution in [3.05, 3.63) is 0 Å². The van der Waals surface area contributed by atoms with Gasteiger partial charge in [0.1, 0.15) is 24.4 Å². The molecule has 118 valence electrons. The van der Waals surface area contributed by atoms with Gasteiger partial charge in [0.05, 0.1) is 19.1 Å². The Morgan fingerprint density at radius 3 is 1.85 bits per heavy atom. The van der Waals surface area contributed by atoms with Crippen molar-refractivity contribution in [1.29, 1.82) is 0 Å². The second kappa shape index (κ2) is 8.79. The SMILES string of the molecule is O=C(O)C[C@H](NCC(O)C(O)C(O)C(O)CO)C(=O)O. The standard InChI is InChI=1S/C10H19NO9/c12-3-6(14)9(18)8(17)5(13)2-11-4(10(19)20)1-7(15)16/h4-6,8-9,11-14,17-18H,1-3H2,(H,15,16)(H,19,20)/t4-,5?,6?,8?,9?/m0/s1. The van der Waals surface area contributed by atoms with Crippen molar-refractivity contribution in [2.45, 2.75) is 36.9 Å². The van der Waals surface area contributed by atoms with E-state index in [1.54, 1.807) is 0 Å². The third-order valence-corrected chi connectivity index (χ3v) is 2.58. The zero-order chi connectivity index (χ0) is 15.9. The summed E-state index contributed by atoms with van der Waals surface area (Å²) in [6, 6.07) is -1.48. The fraction of sp³-hybridized carbons (Fsp3) is 0.800. The summed E-state index contributed by atoms with van der Waals surface area (Å²) in [5.41, 5.74) is 0. The van der Waals surface area contributed by atoms with Crippen LogP contribution in [0.3, 0.4) is 0 Å². The van der Waals surface area contributed by atoms with Crippen LogP contribution in [-0.4, -0.2) is 91.3 Å². The van der Waals surface area contributed by atoms with Crippen LogP contribution >= 0.6 is 0 Å². The molecule has 10 nitrogen and oxygen atoms in total. The molecule has 0 aliphatic rings. The molecule has 5 atom stereocenters. The van der Waals surface area contributed by atoms with Crippen LogP contribution in [0.4, 0.5) is 0 Å². The van der Waals surface area contributed by atoms with E-state index in [-0.39, 0.29) is 0 Å². The Morgan fingerprint density at radius 2 is 1.45 bits per heavy atom. The van der Waals surface area contributed by atoms with E-state index in [1.807, 2.05) is 0 Å². The Balaban J connectivity index is 4.40. The number of aliphatic hydroxyl groups excluding tert-OH is 5. The largest absolute Gasteiger partial charge is 0.481 e. The van der Waals surface area contributed by atoms with Crippen molar-refractivity contribution in [1.82, 2.24) is 5.32 Å². The monoisotopic (exact) mass is 297 g/mol. The summed E-state index contributed by atoms with van der Waals surface area (Å²) in [7, 11) is 0. The number of hydrogen-bond donors (Lipinski definition) is 8. The maximum absolute atomic E-state index is 10.7. The van der Waals surface area contributed by atoms with Gasteiger partial charge >= 0.3 is 11.9 Å². The molecular weight excluding hydrogens is 278 g/mol. The molecule has 0 fully saturated rings. The molecule has 0 radical (unpaired) electrons. The van der Waals surface area contributed by atoms with Crippen molar-refractivity contribution in [2.75, 3.05) is 13.2 Å². The maximum Gasteiger partial charge on any atom is 0.321 e. The average molecular weight is 297 g/mol. The molecular formula is C10H19NO9. The first-order valence-electron chi connectivity index (χ1n) is 5.71. The minimum absolute atomic E-state index is 0.527. The number of hydrogen-bond acceptors (Lipinski definition) is 8. The highest BCUT2D eigenvalue weighted by Gasteiger charge is 2.31. The van der Waals surface area contributed by atoms with Crippen molar-refractivity contribution < 1.29 is 45.3 Å². The van der Waals surface area contributed by atoms with E-state index < -0.39 is 62.0 Å². The number of nitrogens with one attached hydrogen (secondary N) is 1. The van der Waals surface area contributed by atoms with Gasteiger partial charge in [0.2, 0.25) is 0 Å². The van der Waals surface area contributed by atoms with Crippen LogP contribution in [0.15, 0.2) is 0 Å². The van der Waals surface area contributed by atoms with Gasteiger partial charge < -0.3 is 41.1 Å². The van der Waals surface area contributed by atoms with Crippen LogP contribution in [-0.2, 0) is 9.59 Å². The molecule has 0 saturated carbocycles. The van der Waals surface area contributed by atoms with Gasteiger partial charge in [-0.25, -0.2) is 0 Å². The van der Waals surface area contributed by atoms with Gasteiger partial charge in [-0.2, -0.15) is 0 Å². The molecule has 8 N–H and O–H groups in total. The maximum atomic E-state index is 10.7. The summed E-state index contributed by atoms with van der Waals surface area (Å²) in [4.78, 5) is 21.1. The van der Waals surface area contributed by atoms with Gasteiger partial charge in [0.25, 0.3) is 0 Å². The van der Waals surface area contributed by atoms with E-state index in [0.29, 0.717) is 0 Å². The van der Waals surface area contributed by atoms with Crippen LogP contribution in [0.2, 0.25) is 0 Å². The fourth-order valence-electron chi connectivity index (χ4n) is 1.37. The highest BCUT2D eigenvalue weighted by atomic mass is 16.4. The van der Waals surface area contributed by atoms with Crippen molar-refractivity contribution >= 4 is 11.9 Å². The number of carbonyl (C=O) groups is 2. The lowest BCUT2D eigenvalue weighted by Gasteiger charge is -2.26. The second-order valence-corrected chi connectivity index (χ2v) is 4.20. The Bertz CT molecular complexity index is 324. The van der Waals surface area contributed by atoms with E-state index in [4.69, 9.17) is 20.4 Å². The molecule has 0 aromatic carbocycles. The number of aliphatic hydroxyl groups is 5. The van der Waals surface area contributed by atoms with E-state index in [1.165, 1.54) is 0 Å². The van der Waals surface area contributed by atoms with Gasteiger partial charge in [-0.15, -0.1) is 0 Å². The average Bonchev–Trinajstić information content (AvgIpc) is 2.39. The number of aliphatic carboxylic acids is 2. The molecule has 0 rings (SSSR count). The molecule has 10 heteroatoms. The van der Waals surface area contributed by atoms with Crippen LogP contribution in [0.25, 0.3) is 0 Å². The van der Waals surface area contributed by atoms with Gasteiger partial charge in [0.15, 0.2) is 0 Å². The molecule has 0 saturated heterocycles. The van der Waals surface area contributed by atoms with Crippen LogP contribution in [0, 0.1) is 0 Å². The third-order valence-electron chi connectivity index (χ3n) is 2.58. The van der Waals surface area contributed by atoms with Gasteiger partial charge in [-0.05, 0) is 0 Å². The zero-order valence-corrected chi connectivity index (χ0v) is 10.5. The lowest BCUT2D eigenvalue weighted by molar-refractivity contribution is -0.146. The van der Waals surface area contributed by atoms with Crippen molar-refractivity contribution in [3.63, 3.8) is 0 Å². The zero-order valence-electron chi connectivity index (χ0n) is 10.5. The van der Waals surface area contributed by atoms with Gasteiger partial charge in [0, 0.05) is 6.54 Å². The molecule has 0 aliphatic heterocycles. The first kappa shape index (κ1) is 18.7. The lowest BCUT2D eigenvalue weighted by atomic mass is 10.0. The Hall–Kier alpha value is -1.30. The third kappa shape index (κ3) is 6.23. The minimum Gasteiger partial charge on any atom is -0.481 e. The smallest absolute Gasteiger partial charge is 0.321 e. The fourth-order valence-corrected chi connectivity index (χ4v) is 1.37. The first-order chi connectivity index (χ1) is 9.20. The van der Waals surface area contributed by atoms with Crippen LogP contribution in [0.5, 0.6) is 0 Å². The van der Waals surface area contributed by atoms with Crippen molar-refractivity contribution in [3.8, 4) is 0 Å². The van der Waals surface area contributed by atoms with E-state index in [0.717, 1.165) is 0 Å². The minimum atomic E-state index is -1.84. The molecule has 0 spiro atoms. The summed E-state index contributed by atoms with van der Waals surface area (Å²) in [5, 5.41) is 65.3. The van der Waals surface area contributed by atoms with Crippen LogP contribution < -0.4 is 5.32 Å². The molecule has 0 aliphatic carbocycles. The molecule has 20 heavy (non-hydrogen) atoms. The predicted molar refractivity (Wildman–Crippen MR) is 62.8 cm³/mol. The van der Waals surface area contributed by atoms with Crippen LogP contribution in [0.1, 0.15) is 6.42 Å². The summed E-state index contributed by atoms with van der Waals surface area (Å²) >= 11 is 0. The summed E-state index contributed by atoms with van der Waals surface area (Å²) < 4.78 is 0. The summed E-state index contributed by atoms with van der Waals surface area (Å²) in [6.45, 7) is -1.37. The number of carboxylic acid groups (broad SMARTS) is 2. The first-order valence-corrected chi connectivity index (χ1v) is 5.71. The Morgan fingerprint density at radius 1 is 0.950 bits per heavy atom. The van der Waals surface area contributed by atoms with E-state index in [2.05, 4.69) is 5.32 Å². The molecule has 0 amide bonds. The van der Waals surface area contributed by atoms with Gasteiger partial charge in [-0.3, -0.25) is 9.59 Å². The predicted octanol–water partition coefficient (Wildman–Crippen LogP) is -4.06. The van der Waals surface area contributed by atoms with Crippen molar-refractivity contribution in [2.24, 2.45) is 0 Å². The molecule has 0 bridgehead atoms. The topological polar surface area (TPSA) is 188 Å². The number of rotatable bonds is 10. The highest BCUT2D eigenvalue weighted by molar-refractivity contribution is 5.80. The quantitative estimate of drug-likeness (QED) is 0.197. The Kier molecular flexibility index (Phi) is 8.22. The highest BCUT2D eigenvalue weighted by Crippen LogP contribution is 2.05. The van der Waals surface area contributed by atoms with Gasteiger partial charge in [-0.1, -0.05) is 0 Å². The molecule has 0 aromatic heterocycles. The van der Waals surface area contributed by atoms with E-state index in [9.17, 15) is 24.9 Å².